The zero-order valence-electron chi connectivity index (χ0n) is 18.4. The number of nitrogens with zero attached hydrogens (tertiary/aromatic N) is 4. The normalized spacial score (nSPS) is 12.1. The fraction of sp³-hybridized carbons (Fsp3) is 0.0769. The van der Waals surface area contributed by atoms with Gasteiger partial charge in [-0.2, -0.15) is 18.3 Å². The van der Waals surface area contributed by atoms with Gasteiger partial charge < -0.3 is 15.3 Å². The van der Waals surface area contributed by atoms with Gasteiger partial charge in [-0.3, -0.25) is 0 Å². The molecule has 6 nitrogen and oxygen atoms in total. The van der Waals surface area contributed by atoms with E-state index in [0.717, 1.165) is 39.5 Å². The minimum Gasteiger partial charge on any atom is -0.382 e. The quantitative estimate of drug-likeness (QED) is 0.329. The molecule has 1 radical (unpaired) electrons. The molecule has 173 valence electrons. The topological polar surface area (TPSA) is 77.4 Å². The zero-order chi connectivity index (χ0) is 24.3. The molecule has 9 heteroatoms. The van der Waals surface area contributed by atoms with E-state index in [0.29, 0.717) is 17.1 Å². The number of rotatable bonds is 3. The monoisotopic (exact) mass is 471 g/mol. The molecule has 0 saturated carbocycles. The van der Waals surface area contributed by atoms with Crippen molar-refractivity contribution in [3.8, 4) is 22.5 Å². The molecule has 0 atom stereocenters. The number of nitrogens with one attached hydrogen (secondary N) is 1. The average Bonchev–Trinajstić information content (AvgIpc) is 3.53. The van der Waals surface area contributed by atoms with Gasteiger partial charge in [0.25, 0.3) is 0 Å². The summed E-state index contributed by atoms with van der Waals surface area (Å²) in [6.45, 7) is 1.89. The van der Waals surface area contributed by atoms with Crippen molar-refractivity contribution in [2.24, 2.45) is 0 Å². The van der Waals surface area contributed by atoms with Gasteiger partial charge in [-0.1, -0.05) is 24.3 Å². The first-order valence-electron chi connectivity index (χ1n) is 10.8. The van der Waals surface area contributed by atoms with E-state index in [9.17, 15) is 13.2 Å². The van der Waals surface area contributed by atoms with Gasteiger partial charge in [-0.05, 0) is 60.5 Å². The molecule has 3 heterocycles. The number of anilines is 1. The first-order chi connectivity index (χ1) is 16.8. The molecule has 35 heavy (non-hydrogen) atoms. The summed E-state index contributed by atoms with van der Waals surface area (Å²) in [6, 6.07) is 18.2. The summed E-state index contributed by atoms with van der Waals surface area (Å²) in [7, 11) is 0. The van der Waals surface area contributed by atoms with Crippen LogP contribution in [0, 0.1) is 13.1 Å². The summed E-state index contributed by atoms with van der Waals surface area (Å²) in [6.07, 6.45) is 0.333. The van der Waals surface area contributed by atoms with Gasteiger partial charge >= 0.3 is 6.18 Å². The number of H-pyrrole nitrogens is 1. The molecule has 0 bridgehead atoms. The van der Waals surface area contributed by atoms with Crippen LogP contribution in [0.2, 0.25) is 0 Å². The summed E-state index contributed by atoms with van der Waals surface area (Å²) in [4.78, 5) is 7.65. The SMILES string of the molecule is Cc1nc2cc(-n3ncc(-n4[c]cc5cc(-c6ccccc6C(F)(F)F)ccc54)c3N)ccc2[nH]1. The van der Waals surface area contributed by atoms with Crippen molar-refractivity contribution in [3.05, 3.63) is 90.5 Å². The predicted molar refractivity (Wildman–Crippen MR) is 128 cm³/mol. The van der Waals surface area contributed by atoms with Crippen molar-refractivity contribution in [1.82, 2.24) is 24.3 Å². The van der Waals surface area contributed by atoms with Gasteiger partial charge in [0.1, 0.15) is 11.5 Å². The number of hydrogen-bond acceptors (Lipinski definition) is 3. The maximum atomic E-state index is 13.5. The first-order valence-corrected chi connectivity index (χ1v) is 10.8. The lowest BCUT2D eigenvalue weighted by Gasteiger charge is -2.13. The van der Waals surface area contributed by atoms with E-state index in [2.05, 4.69) is 21.3 Å². The number of aromatic nitrogens is 5. The number of hydrogen-bond donors (Lipinski definition) is 2. The molecule has 3 aromatic carbocycles. The Morgan fingerprint density at radius 1 is 1.03 bits per heavy atom. The second kappa shape index (κ2) is 7.49. The summed E-state index contributed by atoms with van der Waals surface area (Å²) in [5, 5.41) is 5.19. The lowest BCUT2D eigenvalue weighted by Crippen LogP contribution is -2.06. The molecule has 0 amide bonds. The fourth-order valence-corrected chi connectivity index (χ4v) is 4.41. The van der Waals surface area contributed by atoms with Gasteiger partial charge in [0.2, 0.25) is 0 Å². The van der Waals surface area contributed by atoms with Crippen LogP contribution in [0.3, 0.4) is 0 Å². The third-order valence-corrected chi connectivity index (χ3v) is 6.02. The Hall–Kier alpha value is -4.53. The lowest BCUT2D eigenvalue weighted by atomic mass is 9.98. The van der Waals surface area contributed by atoms with Crippen molar-refractivity contribution in [1.29, 1.82) is 0 Å². The Morgan fingerprint density at radius 3 is 2.69 bits per heavy atom. The van der Waals surface area contributed by atoms with Crippen LogP contribution in [0.25, 0.3) is 44.4 Å². The van der Waals surface area contributed by atoms with Crippen LogP contribution in [0.4, 0.5) is 19.0 Å². The van der Waals surface area contributed by atoms with Crippen LogP contribution < -0.4 is 5.73 Å². The lowest BCUT2D eigenvalue weighted by molar-refractivity contribution is -0.137. The highest BCUT2D eigenvalue weighted by Gasteiger charge is 2.33. The Labute approximate surface area is 197 Å². The first kappa shape index (κ1) is 21.0. The van der Waals surface area contributed by atoms with Crippen LogP contribution in [0.1, 0.15) is 11.4 Å². The van der Waals surface area contributed by atoms with Crippen molar-refractivity contribution in [2.45, 2.75) is 13.1 Å². The van der Waals surface area contributed by atoms with Crippen molar-refractivity contribution >= 4 is 27.8 Å². The van der Waals surface area contributed by atoms with Gasteiger partial charge in [-0.25, -0.2) is 9.67 Å². The molecule has 0 aliphatic carbocycles. The number of aromatic amines is 1. The number of nitrogen functional groups attached to an aromatic ring is 1. The number of fused-ring (bicyclic) bond motifs is 2. The average molecular weight is 471 g/mol. The predicted octanol–water partition coefficient (Wildman–Crippen LogP) is 6.07. The van der Waals surface area contributed by atoms with Crippen molar-refractivity contribution in [3.63, 3.8) is 0 Å². The number of halogens is 3. The number of imidazole rings is 1. The molecule has 6 rings (SSSR count). The summed E-state index contributed by atoms with van der Waals surface area (Å²) >= 11 is 0. The second-order valence-electron chi connectivity index (χ2n) is 8.28. The third-order valence-electron chi connectivity index (χ3n) is 6.02. The molecule has 0 unspecified atom stereocenters. The van der Waals surface area contributed by atoms with Crippen LogP contribution in [-0.2, 0) is 6.18 Å². The summed E-state index contributed by atoms with van der Waals surface area (Å²) in [5.41, 5.74) is 10.3. The Balaban J connectivity index is 1.41. The number of aryl methyl sites for hydroxylation is 1. The number of alkyl halides is 3. The molecule has 3 N–H and O–H groups in total. The molecule has 0 aliphatic heterocycles. The molecule has 0 spiro atoms. The molecule has 0 saturated heterocycles. The molecule has 0 fully saturated rings. The van der Waals surface area contributed by atoms with E-state index < -0.39 is 11.7 Å². The van der Waals surface area contributed by atoms with E-state index >= 15 is 0 Å². The van der Waals surface area contributed by atoms with Crippen LogP contribution in [0.5, 0.6) is 0 Å². The highest BCUT2D eigenvalue weighted by Crippen LogP contribution is 2.38. The third kappa shape index (κ3) is 3.43. The zero-order valence-corrected chi connectivity index (χ0v) is 18.4. The Bertz CT molecular complexity index is 1720. The molecular formula is C26H18F3N6. The molecular weight excluding hydrogens is 453 g/mol. The minimum absolute atomic E-state index is 0.131. The standard InChI is InChI=1S/C26H18F3N6/c1-15-32-21-8-7-18(13-22(21)33-15)35-25(30)24(14-31-35)34-11-10-17-12-16(6-9-23(17)34)19-4-2-3-5-20(19)26(27,28)29/h2-10,12-14H,30H2,1H3,(H,32,33). The van der Waals surface area contributed by atoms with Crippen LogP contribution in [0.15, 0.2) is 72.9 Å². The highest BCUT2D eigenvalue weighted by molar-refractivity contribution is 5.88. The maximum Gasteiger partial charge on any atom is 0.417 e. The van der Waals surface area contributed by atoms with E-state index in [1.54, 1.807) is 45.8 Å². The fourth-order valence-electron chi connectivity index (χ4n) is 4.41. The molecule has 3 aromatic heterocycles. The van der Waals surface area contributed by atoms with Gasteiger partial charge in [-0.15, -0.1) is 0 Å². The van der Waals surface area contributed by atoms with Crippen LogP contribution >= 0.6 is 0 Å². The largest absolute Gasteiger partial charge is 0.417 e. The molecule has 0 aliphatic rings. The van der Waals surface area contributed by atoms with Crippen molar-refractivity contribution in [2.75, 3.05) is 5.73 Å². The summed E-state index contributed by atoms with van der Waals surface area (Å²) in [5.74, 6) is 1.22. The van der Waals surface area contributed by atoms with Gasteiger partial charge in [0, 0.05) is 5.39 Å². The van der Waals surface area contributed by atoms with E-state index in [-0.39, 0.29) is 5.56 Å². The maximum absolute atomic E-state index is 13.5. The van der Waals surface area contributed by atoms with E-state index in [1.165, 1.54) is 12.1 Å². The Kier molecular flexibility index (Phi) is 4.50. The summed E-state index contributed by atoms with van der Waals surface area (Å²) < 4.78 is 43.9. The smallest absolute Gasteiger partial charge is 0.382 e. The Morgan fingerprint density at radius 2 is 1.86 bits per heavy atom. The number of benzene rings is 3. The van der Waals surface area contributed by atoms with Crippen LogP contribution in [-0.4, -0.2) is 24.3 Å². The van der Waals surface area contributed by atoms with Gasteiger partial charge in [0.15, 0.2) is 5.82 Å². The molecule has 6 aromatic rings. The highest BCUT2D eigenvalue weighted by atomic mass is 19.4. The minimum atomic E-state index is -4.44. The number of nitrogens with two attached hydrogens (primary N) is 1. The van der Waals surface area contributed by atoms with Gasteiger partial charge in [0.05, 0.1) is 40.2 Å². The van der Waals surface area contributed by atoms with E-state index in [1.807, 2.05) is 25.1 Å². The second-order valence-corrected chi connectivity index (χ2v) is 8.28. The van der Waals surface area contributed by atoms with Crippen molar-refractivity contribution < 1.29 is 13.2 Å². The van der Waals surface area contributed by atoms with E-state index in [4.69, 9.17) is 5.73 Å².